The molecule has 3 fully saturated rings. The molecule has 0 aromatic heterocycles. The molecule has 0 spiro atoms. The Morgan fingerprint density at radius 3 is 2.90 bits per heavy atom. The summed E-state index contributed by atoms with van der Waals surface area (Å²) in [4.78, 5) is 0. The summed E-state index contributed by atoms with van der Waals surface area (Å²) in [6, 6.07) is 0. The summed E-state index contributed by atoms with van der Waals surface area (Å²) in [5, 5.41) is 0. The van der Waals surface area contributed by atoms with Crippen LogP contribution in [-0.2, 0) is 0 Å². The van der Waals surface area contributed by atoms with E-state index in [1.165, 1.54) is 19.3 Å². The predicted molar refractivity (Wildman–Crippen MR) is 41.6 cm³/mol. The Bertz CT molecular complexity index is 184. The molecule has 3 saturated carbocycles. The molecular weight excluding hydrogens is 120 g/mol. The van der Waals surface area contributed by atoms with E-state index < -0.39 is 0 Å². The van der Waals surface area contributed by atoms with Gasteiger partial charge < -0.3 is 0 Å². The number of allylic oxidation sites excluding steroid dienone is 1. The van der Waals surface area contributed by atoms with Crippen LogP contribution in [0.25, 0.3) is 0 Å². The second kappa shape index (κ2) is 1.49. The largest absolute Gasteiger partial charge is 0.0993 e. The summed E-state index contributed by atoms with van der Waals surface area (Å²) in [5.41, 5.74) is 1.62. The Morgan fingerprint density at radius 1 is 1.10 bits per heavy atom. The van der Waals surface area contributed by atoms with Crippen LogP contribution in [0.4, 0.5) is 0 Å². The van der Waals surface area contributed by atoms with E-state index in [4.69, 9.17) is 0 Å². The zero-order valence-electron chi connectivity index (χ0n) is 6.34. The zero-order chi connectivity index (χ0) is 6.72. The number of hydrogen-bond acceptors (Lipinski definition) is 0. The quantitative estimate of drug-likeness (QED) is 0.447. The summed E-state index contributed by atoms with van der Waals surface area (Å²) in [6.07, 6.45) is 6.04. The molecule has 0 saturated heterocycles. The van der Waals surface area contributed by atoms with Crippen molar-refractivity contribution < 1.29 is 0 Å². The van der Waals surface area contributed by atoms with Gasteiger partial charge in [-0.2, -0.15) is 0 Å². The Balaban J connectivity index is 2.00. The highest BCUT2D eigenvalue weighted by molar-refractivity contribution is 5.25. The minimum atomic E-state index is 0.976. The van der Waals surface area contributed by atoms with Crippen molar-refractivity contribution in [2.24, 2.45) is 23.7 Å². The van der Waals surface area contributed by atoms with Crippen LogP contribution in [0.5, 0.6) is 0 Å². The summed E-state index contributed by atoms with van der Waals surface area (Å²) in [7, 11) is 0. The number of hydrogen-bond donors (Lipinski definition) is 0. The van der Waals surface area contributed by atoms with Crippen molar-refractivity contribution >= 4 is 0 Å². The normalized spacial score (nSPS) is 56.6. The Hall–Kier alpha value is -0.260. The molecule has 0 N–H and O–H groups in total. The fourth-order valence-corrected chi connectivity index (χ4v) is 3.53. The van der Waals surface area contributed by atoms with Gasteiger partial charge in [-0.1, -0.05) is 12.2 Å². The Morgan fingerprint density at radius 2 is 2.00 bits per heavy atom. The topological polar surface area (TPSA) is 0 Å². The lowest BCUT2D eigenvalue weighted by atomic mass is 9.61. The molecule has 0 nitrogen and oxygen atoms in total. The van der Waals surface area contributed by atoms with Crippen LogP contribution in [0, 0.1) is 23.7 Å². The van der Waals surface area contributed by atoms with Gasteiger partial charge in [-0.05, 0) is 49.4 Å². The molecule has 54 valence electrons. The van der Waals surface area contributed by atoms with Gasteiger partial charge >= 0.3 is 0 Å². The summed E-state index contributed by atoms with van der Waals surface area (Å²) < 4.78 is 0. The maximum absolute atomic E-state index is 4.18. The van der Waals surface area contributed by atoms with Crippen molar-refractivity contribution in [2.45, 2.75) is 25.7 Å². The smallest absolute Gasteiger partial charge is 0.0166 e. The highest BCUT2D eigenvalue weighted by Crippen LogP contribution is 2.62. The zero-order valence-corrected chi connectivity index (χ0v) is 6.34. The van der Waals surface area contributed by atoms with Gasteiger partial charge in [0.25, 0.3) is 0 Å². The van der Waals surface area contributed by atoms with Crippen LogP contribution in [-0.4, -0.2) is 0 Å². The monoisotopic (exact) mass is 134 g/mol. The molecule has 0 aromatic carbocycles. The number of rotatable bonds is 0. The lowest BCUT2D eigenvalue weighted by molar-refractivity contribution is 0.175. The van der Waals surface area contributed by atoms with Crippen molar-refractivity contribution in [3.05, 3.63) is 12.2 Å². The molecule has 0 aliphatic heterocycles. The Kier molecular flexibility index (Phi) is 0.805. The van der Waals surface area contributed by atoms with Crippen molar-refractivity contribution in [1.82, 2.24) is 0 Å². The average Bonchev–Trinajstić information content (AvgIpc) is 2.12. The molecular formula is C10H14. The summed E-state index contributed by atoms with van der Waals surface area (Å²) in [5.74, 6) is 4.16. The molecule has 0 heteroatoms. The average molecular weight is 134 g/mol. The molecule has 10 heavy (non-hydrogen) atoms. The number of fused-ring (bicyclic) bond motifs is 1. The fraction of sp³-hybridized carbons (Fsp3) is 0.800. The molecule has 3 aliphatic rings. The third-order valence-electron chi connectivity index (χ3n) is 4.06. The highest BCUT2D eigenvalue weighted by atomic mass is 14.6. The lowest BCUT2D eigenvalue weighted by Crippen LogP contribution is -2.35. The lowest BCUT2D eigenvalue weighted by Gasteiger charge is -2.44. The first-order valence-corrected chi connectivity index (χ1v) is 4.55. The summed E-state index contributed by atoms with van der Waals surface area (Å²) in [6.45, 7) is 4.18. The van der Waals surface area contributed by atoms with E-state index in [-0.39, 0.29) is 0 Å². The van der Waals surface area contributed by atoms with Gasteiger partial charge in [0.15, 0.2) is 0 Å². The second-order valence-electron chi connectivity index (χ2n) is 4.37. The van der Waals surface area contributed by atoms with E-state index in [0.29, 0.717) is 0 Å². The molecule has 3 rings (SSSR count). The molecule has 4 atom stereocenters. The van der Waals surface area contributed by atoms with Crippen LogP contribution in [0.3, 0.4) is 0 Å². The van der Waals surface area contributed by atoms with Gasteiger partial charge in [-0.25, -0.2) is 0 Å². The van der Waals surface area contributed by atoms with Gasteiger partial charge in [-0.3, -0.25) is 0 Å². The Labute approximate surface area is 62.3 Å². The van der Waals surface area contributed by atoms with Gasteiger partial charge in [0.05, 0.1) is 0 Å². The molecule has 0 amide bonds. The standard InChI is InChI=1S/C10H14/c1-6-8-3-2-7-4-9(6)10(8)5-7/h7-10H,1-5H2/t7-,8+,9-,10+/m1/s1. The van der Waals surface area contributed by atoms with Gasteiger partial charge in [0.2, 0.25) is 0 Å². The second-order valence-corrected chi connectivity index (χ2v) is 4.37. The third-order valence-corrected chi connectivity index (χ3v) is 4.06. The fourth-order valence-electron chi connectivity index (χ4n) is 3.53. The van der Waals surface area contributed by atoms with E-state index in [1.807, 2.05) is 0 Å². The van der Waals surface area contributed by atoms with Gasteiger partial charge in [-0.15, -0.1) is 0 Å². The third kappa shape index (κ3) is 0.426. The van der Waals surface area contributed by atoms with Crippen LogP contribution in [0.2, 0.25) is 0 Å². The van der Waals surface area contributed by atoms with Crippen LogP contribution >= 0.6 is 0 Å². The maximum atomic E-state index is 4.18. The van der Waals surface area contributed by atoms with Crippen LogP contribution in [0.1, 0.15) is 25.7 Å². The molecule has 0 radical (unpaired) electrons. The molecule has 0 unspecified atom stereocenters. The maximum Gasteiger partial charge on any atom is -0.0166 e. The minimum Gasteiger partial charge on any atom is -0.0993 e. The van der Waals surface area contributed by atoms with Crippen LogP contribution in [0.15, 0.2) is 12.2 Å². The van der Waals surface area contributed by atoms with Crippen molar-refractivity contribution in [3.8, 4) is 0 Å². The van der Waals surface area contributed by atoms with E-state index in [1.54, 1.807) is 12.0 Å². The molecule has 0 heterocycles. The molecule has 2 bridgehead atoms. The van der Waals surface area contributed by atoms with Gasteiger partial charge in [0.1, 0.15) is 0 Å². The highest BCUT2D eigenvalue weighted by Gasteiger charge is 2.52. The summed E-state index contributed by atoms with van der Waals surface area (Å²) >= 11 is 0. The van der Waals surface area contributed by atoms with E-state index in [0.717, 1.165) is 23.7 Å². The molecule has 3 aliphatic carbocycles. The van der Waals surface area contributed by atoms with Crippen LogP contribution < -0.4 is 0 Å². The van der Waals surface area contributed by atoms with E-state index in [9.17, 15) is 0 Å². The van der Waals surface area contributed by atoms with Crippen molar-refractivity contribution in [2.75, 3.05) is 0 Å². The van der Waals surface area contributed by atoms with E-state index >= 15 is 0 Å². The predicted octanol–water partition coefficient (Wildman–Crippen LogP) is 2.61. The first-order valence-electron chi connectivity index (χ1n) is 4.55. The first kappa shape index (κ1) is 5.40. The van der Waals surface area contributed by atoms with E-state index in [2.05, 4.69) is 6.58 Å². The van der Waals surface area contributed by atoms with Crippen molar-refractivity contribution in [3.63, 3.8) is 0 Å². The minimum absolute atomic E-state index is 0.976. The SMILES string of the molecule is C=C1[C@H]2C[C@H]3CC[C@@H]1[C@@H]2C3. The van der Waals surface area contributed by atoms with Gasteiger partial charge in [0, 0.05) is 0 Å². The first-order chi connectivity index (χ1) is 4.86. The molecule has 0 aromatic rings. The van der Waals surface area contributed by atoms with Crippen molar-refractivity contribution in [1.29, 1.82) is 0 Å².